The van der Waals surface area contributed by atoms with Crippen molar-refractivity contribution in [2.45, 2.75) is 6.04 Å². The molecule has 0 atom stereocenters. The van der Waals surface area contributed by atoms with Crippen molar-refractivity contribution < 1.29 is 4.79 Å². The van der Waals surface area contributed by atoms with Crippen LogP contribution in [0.25, 0.3) is 10.6 Å². The van der Waals surface area contributed by atoms with Crippen LogP contribution >= 0.6 is 11.3 Å². The van der Waals surface area contributed by atoms with Crippen molar-refractivity contribution >= 4 is 23.2 Å². The van der Waals surface area contributed by atoms with Gasteiger partial charge in [0.1, 0.15) is 10.7 Å². The monoisotopic (exact) mass is 337 g/mol. The lowest BCUT2D eigenvalue weighted by Gasteiger charge is -2.39. The van der Waals surface area contributed by atoms with E-state index in [1.54, 1.807) is 23.4 Å². The normalized spacial score (nSPS) is 14.2. The summed E-state index contributed by atoms with van der Waals surface area (Å²) >= 11 is 1.49. The Morgan fingerprint density at radius 2 is 1.88 bits per heavy atom. The Morgan fingerprint density at radius 3 is 2.62 bits per heavy atom. The minimum Gasteiger partial charge on any atom is -0.348 e. The average molecular weight is 337 g/mol. The second-order valence-electron chi connectivity index (χ2n) is 5.53. The lowest BCUT2D eigenvalue weighted by molar-refractivity contribution is 0.0619. The summed E-state index contributed by atoms with van der Waals surface area (Å²) in [5, 5.41) is 5.90. The number of hydrogen-bond acceptors (Lipinski definition) is 6. The molecule has 3 heterocycles. The van der Waals surface area contributed by atoms with Crippen LogP contribution in [-0.2, 0) is 0 Å². The number of benzene rings is 1. The third kappa shape index (κ3) is 2.98. The quantitative estimate of drug-likeness (QED) is 0.792. The maximum Gasteiger partial charge on any atom is 0.273 e. The number of nitrogens with zero attached hydrogens (tertiary/aromatic N) is 4. The number of carbonyl (C=O) groups excluding carboxylic acids is 1. The lowest BCUT2D eigenvalue weighted by Crippen LogP contribution is -2.57. The highest BCUT2D eigenvalue weighted by molar-refractivity contribution is 7.13. The first-order valence-corrected chi connectivity index (χ1v) is 8.51. The zero-order valence-electron chi connectivity index (χ0n) is 12.8. The summed E-state index contributed by atoms with van der Waals surface area (Å²) < 4.78 is 0. The van der Waals surface area contributed by atoms with E-state index in [1.165, 1.54) is 11.3 Å². The largest absolute Gasteiger partial charge is 0.348 e. The maximum atomic E-state index is 12.5. The molecule has 2 aromatic heterocycles. The number of anilines is 1. The fourth-order valence-corrected chi connectivity index (χ4v) is 3.34. The van der Waals surface area contributed by atoms with Crippen LogP contribution in [0.3, 0.4) is 0 Å². The molecule has 0 saturated carbocycles. The fourth-order valence-electron chi connectivity index (χ4n) is 2.54. The van der Waals surface area contributed by atoms with E-state index in [2.05, 4.69) is 20.3 Å². The molecule has 7 heteroatoms. The third-order valence-electron chi connectivity index (χ3n) is 3.81. The molecule has 0 bridgehead atoms. The van der Waals surface area contributed by atoms with Crippen LogP contribution in [0.5, 0.6) is 0 Å². The van der Waals surface area contributed by atoms with Gasteiger partial charge in [0.15, 0.2) is 0 Å². The number of carbonyl (C=O) groups is 1. The van der Waals surface area contributed by atoms with Gasteiger partial charge in [-0.25, -0.2) is 15.0 Å². The van der Waals surface area contributed by atoms with E-state index in [0.717, 1.165) is 10.6 Å². The highest BCUT2D eigenvalue weighted by atomic mass is 32.1. The number of rotatable bonds is 4. The van der Waals surface area contributed by atoms with Crippen molar-refractivity contribution in [3.8, 4) is 10.6 Å². The Balaban J connectivity index is 1.37. The molecule has 1 aromatic carbocycles. The zero-order chi connectivity index (χ0) is 16.4. The van der Waals surface area contributed by atoms with Crippen molar-refractivity contribution in [1.82, 2.24) is 19.9 Å². The van der Waals surface area contributed by atoms with Crippen LogP contribution in [0.4, 0.5) is 5.95 Å². The van der Waals surface area contributed by atoms with Crippen LogP contribution in [-0.4, -0.2) is 44.9 Å². The molecule has 4 rings (SSSR count). The highest BCUT2D eigenvalue weighted by Crippen LogP contribution is 2.25. The highest BCUT2D eigenvalue weighted by Gasteiger charge is 2.32. The van der Waals surface area contributed by atoms with Gasteiger partial charge >= 0.3 is 0 Å². The molecule has 120 valence electrons. The molecular weight excluding hydrogens is 322 g/mol. The van der Waals surface area contributed by atoms with E-state index in [4.69, 9.17) is 0 Å². The summed E-state index contributed by atoms with van der Waals surface area (Å²) in [5.74, 6) is 0.565. The predicted octanol–water partition coefficient (Wildman–Crippen LogP) is 2.54. The maximum absolute atomic E-state index is 12.5. The fraction of sp³-hybridized carbons (Fsp3) is 0.176. The Morgan fingerprint density at radius 1 is 1.12 bits per heavy atom. The summed E-state index contributed by atoms with van der Waals surface area (Å²) in [5.41, 5.74) is 1.54. The lowest BCUT2D eigenvalue weighted by atomic mass is 10.1. The Kier molecular flexibility index (Phi) is 3.92. The summed E-state index contributed by atoms with van der Waals surface area (Å²) in [7, 11) is 0. The minimum atomic E-state index is -0.0274. The van der Waals surface area contributed by atoms with Gasteiger partial charge in [-0.1, -0.05) is 30.3 Å². The van der Waals surface area contributed by atoms with Gasteiger partial charge in [-0.15, -0.1) is 11.3 Å². The average Bonchev–Trinajstić information content (AvgIpc) is 3.09. The number of hydrogen-bond donors (Lipinski definition) is 1. The summed E-state index contributed by atoms with van der Waals surface area (Å²) in [6.07, 6.45) is 3.38. The number of thiazole rings is 1. The van der Waals surface area contributed by atoms with Crippen molar-refractivity contribution in [2.24, 2.45) is 0 Å². The van der Waals surface area contributed by atoms with E-state index in [1.807, 2.05) is 35.7 Å². The van der Waals surface area contributed by atoms with E-state index < -0.39 is 0 Å². The van der Waals surface area contributed by atoms with Gasteiger partial charge in [-0.05, 0) is 6.07 Å². The molecule has 0 spiro atoms. The number of likely N-dealkylation sites (tertiary alicyclic amines) is 1. The molecule has 0 unspecified atom stereocenters. The van der Waals surface area contributed by atoms with Gasteiger partial charge in [-0.3, -0.25) is 4.79 Å². The van der Waals surface area contributed by atoms with Crippen molar-refractivity contribution in [2.75, 3.05) is 18.4 Å². The van der Waals surface area contributed by atoms with Crippen molar-refractivity contribution in [3.63, 3.8) is 0 Å². The molecule has 1 amide bonds. The predicted molar refractivity (Wildman–Crippen MR) is 92.9 cm³/mol. The smallest absolute Gasteiger partial charge is 0.273 e. The Bertz CT molecular complexity index is 830. The van der Waals surface area contributed by atoms with E-state index in [9.17, 15) is 4.79 Å². The number of nitrogens with one attached hydrogen (secondary N) is 1. The van der Waals surface area contributed by atoms with Gasteiger partial charge < -0.3 is 10.2 Å². The van der Waals surface area contributed by atoms with Crippen LogP contribution in [0.1, 0.15) is 10.5 Å². The summed E-state index contributed by atoms with van der Waals surface area (Å²) in [6, 6.07) is 11.8. The topological polar surface area (TPSA) is 71.0 Å². The van der Waals surface area contributed by atoms with Gasteiger partial charge in [0.05, 0.1) is 6.04 Å². The van der Waals surface area contributed by atoms with Crippen LogP contribution in [0, 0.1) is 0 Å². The molecule has 3 aromatic rings. The number of aromatic nitrogens is 3. The molecule has 1 N–H and O–H groups in total. The van der Waals surface area contributed by atoms with E-state index in [0.29, 0.717) is 24.7 Å². The Labute approximate surface area is 143 Å². The van der Waals surface area contributed by atoms with Gasteiger partial charge in [0, 0.05) is 36.4 Å². The first kappa shape index (κ1) is 14.8. The SMILES string of the molecule is O=C(c1csc(-c2ccccc2)n1)N1CC(Nc2ncccn2)C1. The molecule has 0 radical (unpaired) electrons. The second kappa shape index (κ2) is 6.37. The van der Waals surface area contributed by atoms with E-state index >= 15 is 0 Å². The van der Waals surface area contributed by atoms with Gasteiger partial charge in [0.25, 0.3) is 5.91 Å². The molecular formula is C17H15N5OS. The Hall–Kier alpha value is -2.80. The van der Waals surface area contributed by atoms with Gasteiger partial charge in [-0.2, -0.15) is 0 Å². The summed E-state index contributed by atoms with van der Waals surface area (Å²) in [6.45, 7) is 1.27. The molecule has 6 nitrogen and oxygen atoms in total. The first-order valence-electron chi connectivity index (χ1n) is 7.63. The second-order valence-corrected chi connectivity index (χ2v) is 6.39. The van der Waals surface area contributed by atoms with Crippen molar-refractivity contribution in [3.05, 3.63) is 59.9 Å². The molecule has 1 saturated heterocycles. The minimum absolute atomic E-state index is 0.0274. The summed E-state index contributed by atoms with van der Waals surface area (Å²) in [4.78, 5) is 27.0. The van der Waals surface area contributed by atoms with Crippen molar-refractivity contribution in [1.29, 1.82) is 0 Å². The first-order chi connectivity index (χ1) is 11.8. The van der Waals surface area contributed by atoms with Crippen LogP contribution in [0.2, 0.25) is 0 Å². The van der Waals surface area contributed by atoms with Crippen LogP contribution < -0.4 is 5.32 Å². The molecule has 1 aliphatic heterocycles. The number of amides is 1. The molecule has 1 aliphatic rings. The third-order valence-corrected chi connectivity index (χ3v) is 4.70. The van der Waals surface area contributed by atoms with Gasteiger partial charge in [0.2, 0.25) is 5.95 Å². The standard InChI is InChI=1S/C17H15N5OS/c23-16(14-11-24-15(21-14)12-5-2-1-3-6-12)22-9-13(10-22)20-17-18-7-4-8-19-17/h1-8,11,13H,9-10H2,(H,18,19,20). The zero-order valence-corrected chi connectivity index (χ0v) is 13.6. The molecule has 0 aliphatic carbocycles. The van der Waals surface area contributed by atoms with E-state index in [-0.39, 0.29) is 11.9 Å². The molecule has 1 fully saturated rings. The van der Waals surface area contributed by atoms with Crippen LogP contribution in [0.15, 0.2) is 54.2 Å². The molecule has 24 heavy (non-hydrogen) atoms.